The van der Waals surface area contributed by atoms with Crippen LogP contribution in [0.25, 0.3) is 0 Å². The zero-order valence-electron chi connectivity index (χ0n) is 16.4. The number of hydrogen-bond acceptors (Lipinski definition) is 5. The third-order valence-electron chi connectivity index (χ3n) is 5.77. The Kier molecular flexibility index (Phi) is 4.95. The molecule has 8 heteroatoms. The minimum atomic E-state index is -0.191. The number of amides is 2. The van der Waals surface area contributed by atoms with E-state index in [1.807, 2.05) is 13.0 Å². The van der Waals surface area contributed by atoms with Crippen molar-refractivity contribution in [2.24, 2.45) is 5.92 Å². The van der Waals surface area contributed by atoms with Crippen LogP contribution in [0.15, 0.2) is 16.7 Å². The van der Waals surface area contributed by atoms with Gasteiger partial charge in [0.2, 0.25) is 11.8 Å². The van der Waals surface area contributed by atoms with Gasteiger partial charge < -0.3 is 15.2 Å². The molecule has 0 aromatic carbocycles. The van der Waals surface area contributed by atoms with E-state index in [1.54, 1.807) is 6.07 Å². The summed E-state index contributed by atoms with van der Waals surface area (Å²) in [5, 5.41) is 17.0. The molecule has 0 radical (unpaired) electrons. The van der Waals surface area contributed by atoms with Crippen molar-refractivity contribution in [3.63, 3.8) is 0 Å². The average molecular weight is 385 g/mol. The second-order valence-electron chi connectivity index (χ2n) is 8.56. The van der Waals surface area contributed by atoms with Gasteiger partial charge >= 0.3 is 0 Å². The van der Waals surface area contributed by atoms with Gasteiger partial charge in [-0.2, -0.15) is 5.10 Å². The van der Waals surface area contributed by atoms with Crippen LogP contribution >= 0.6 is 0 Å². The van der Waals surface area contributed by atoms with E-state index in [-0.39, 0.29) is 23.8 Å². The number of aromatic nitrogens is 3. The maximum atomic E-state index is 12.2. The zero-order valence-corrected chi connectivity index (χ0v) is 16.4. The van der Waals surface area contributed by atoms with E-state index in [0.29, 0.717) is 29.8 Å². The van der Waals surface area contributed by atoms with Crippen LogP contribution in [0.4, 0.5) is 5.82 Å². The maximum Gasteiger partial charge on any atom is 0.233 e. The molecule has 0 aliphatic heterocycles. The van der Waals surface area contributed by atoms with Crippen molar-refractivity contribution in [2.45, 2.75) is 70.3 Å². The average Bonchev–Trinajstić information content (AvgIpc) is 3.05. The molecule has 150 valence electrons. The highest BCUT2D eigenvalue weighted by Gasteiger charge is 2.39. The summed E-state index contributed by atoms with van der Waals surface area (Å²) >= 11 is 0. The fraction of sp³-hybridized carbons (Fsp3) is 0.600. The maximum absolute atomic E-state index is 12.2. The Morgan fingerprint density at radius 1 is 1.29 bits per heavy atom. The lowest BCUT2D eigenvalue weighted by Crippen LogP contribution is -2.35. The summed E-state index contributed by atoms with van der Waals surface area (Å²) in [7, 11) is 0. The first kappa shape index (κ1) is 18.7. The molecule has 2 aromatic heterocycles. The SMILES string of the molecule is Cc1cc(CC(=O)Nc2cc([C@H]3CC[C@@H](CC(=O)NC4(C)CC4)C3)[nH]n2)on1. The molecule has 4 rings (SSSR count). The molecule has 2 aromatic rings. The Morgan fingerprint density at radius 2 is 2.11 bits per heavy atom. The van der Waals surface area contributed by atoms with Gasteiger partial charge in [0.25, 0.3) is 0 Å². The predicted octanol–water partition coefficient (Wildman–Crippen LogP) is 2.83. The summed E-state index contributed by atoms with van der Waals surface area (Å²) in [5.41, 5.74) is 1.82. The first-order valence-electron chi connectivity index (χ1n) is 9.97. The molecule has 0 saturated heterocycles. The van der Waals surface area contributed by atoms with Crippen molar-refractivity contribution >= 4 is 17.6 Å². The van der Waals surface area contributed by atoms with Gasteiger partial charge in [-0.05, 0) is 51.9 Å². The number of hydrogen-bond donors (Lipinski definition) is 3. The van der Waals surface area contributed by atoms with Gasteiger partial charge in [0, 0.05) is 35.7 Å². The summed E-state index contributed by atoms with van der Waals surface area (Å²) in [6.07, 6.45) is 5.94. The highest BCUT2D eigenvalue weighted by Crippen LogP contribution is 2.40. The lowest BCUT2D eigenvalue weighted by atomic mass is 9.99. The third kappa shape index (κ3) is 4.61. The van der Waals surface area contributed by atoms with E-state index in [0.717, 1.165) is 43.5 Å². The Morgan fingerprint density at radius 3 is 2.82 bits per heavy atom. The van der Waals surface area contributed by atoms with Gasteiger partial charge in [0.15, 0.2) is 5.82 Å². The van der Waals surface area contributed by atoms with Crippen molar-refractivity contribution < 1.29 is 14.1 Å². The topological polar surface area (TPSA) is 113 Å². The van der Waals surface area contributed by atoms with Gasteiger partial charge in [0.1, 0.15) is 5.76 Å². The number of rotatable bonds is 7. The van der Waals surface area contributed by atoms with Gasteiger partial charge in [0.05, 0.1) is 12.1 Å². The molecule has 0 unspecified atom stereocenters. The number of aromatic amines is 1. The second-order valence-corrected chi connectivity index (χ2v) is 8.56. The number of carbonyl (C=O) groups is 2. The zero-order chi connectivity index (χ0) is 19.7. The van der Waals surface area contributed by atoms with Crippen LogP contribution in [0.2, 0.25) is 0 Å². The summed E-state index contributed by atoms with van der Waals surface area (Å²) < 4.78 is 5.06. The van der Waals surface area contributed by atoms with Gasteiger partial charge in [-0.3, -0.25) is 14.7 Å². The predicted molar refractivity (Wildman–Crippen MR) is 103 cm³/mol. The van der Waals surface area contributed by atoms with E-state index in [1.165, 1.54) is 0 Å². The highest BCUT2D eigenvalue weighted by atomic mass is 16.5. The molecule has 2 aliphatic carbocycles. The molecule has 3 N–H and O–H groups in total. The number of anilines is 1. The Bertz CT molecular complexity index is 867. The van der Waals surface area contributed by atoms with Crippen molar-refractivity contribution in [3.05, 3.63) is 29.3 Å². The van der Waals surface area contributed by atoms with Crippen LogP contribution in [-0.2, 0) is 16.0 Å². The molecule has 2 saturated carbocycles. The summed E-state index contributed by atoms with van der Waals surface area (Å²) in [4.78, 5) is 24.3. The van der Waals surface area contributed by atoms with Crippen LogP contribution in [0.5, 0.6) is 0 Å². The smallest absolute Gasteiger partial charge is 0.233 e. The fourth-order valence-electron chi connectivity index (χ4n) is 3.96. The monoisotopic (exact) mass is 385 g/mol. The van der Waals surface area contributed by atoms with E-state index in [4.69, 9.17) is 4.52 Å². The van der Waals surface area contributed by atoms with Crippen LogP contribution in [0.3, 0.4) is 0 Å². The second kappa shape index (κ2) is 7.41. The standard InChI is InChI=1S/C20H27N5O3/c1-12-7-15(28-25-12)10-18(26)21-17-11-16(23-24-17)14-4-3-13(8-14)9-19(27)22-20(2)5-6-20/h7,11,13-14H,3-6,8-10H2,1-2H3,(H,22,27)(H2,21,23,24,26)/t13-,14+/m1/s1. The molecular weight excluding hydrogens is 358 g/mol. The van der Waals surface area contributed by atoms with Crippen LogP contribution in [0, 0.1) is 12.8 Å². The van der Waals surface area contributed by atoms with Crippen LogP contribution < -0.4 is 10.6 Å². The van der Waals surface area contributed by atoms with E-state index in [9.17, 15) is 9.59 Å². The van der Waals surface area contributed by atoms with Crippen molar-refractivity contribution in [1.82, 2.24) is 20.7 Å². The Labute approximate surface area is 163 Å². The molecule has 0 spiro atoms. The summed E-state index contributed by atoms with van der Waals surface area (Å²) in [6.45, 7) is 3.92. The minimum Gasteiger partial charge on any atom is -0.361 e. The summed E-state index contributed by atoms with van der Waals surface area (Å²) in [5.74, 6) is 1.78. The van der Waals surface area contributed by atoms with E-state index in [2.05, 4.69) is 32.9 Å². The highest BCUT2D eigenvalue weighted by molar-refractivity contribution is 5.91. The largest absolute Gasteiger partial charge is 0.361 e. The van der Waals surface area contributed by atoms with Gasteiger partial charge in [-0.25, -0.2) is 0 Å². The molecule has 2 fully saturated rings. The van der Waals surface area contributed by atoms with Crippen molar-refractivity contribution in [1.29, 1.82) is 0 Å². The molecular formula is C20H27N5O3. The number of aryl methyl sites for hydroxylation is 1. The molecule has 0 bridgehead atoms. The molecule has 2 atom stereocenters. The van der Waals surface area contributed by atoms with E-state index >= 15 is 0 Å². The summed E-state index contributed by atoms with van der Waals surface area (Å²) in [6, 6.07) is 3.63. The number of H-pyrrole nitrogens is 1. The number of nitrogens with zero attached hydrogens (tertiary/aromatic N) is 2. The normalized spacial score (nSPS) is 22.8. The molecule has 2 aliphatic rings. The fourth-order valence-corrected chi connectivity index (χ4v) is 3.96. The Hall–Kier alpha value is -2.64. The Balaban J connectivity index is 1.26. The van der Waals surface area contributed by atoms with Gasteiger partial charge in [-0.15, -0.1) is 0 Å². The van der Waals surface area contributed by atoms with Gasteiger partial charge in [-0.1, -0.05) is 5.16 Å². The number of nitrogens with one attached hydrogen (secondary N) is 3. The molecule has 2 amide bonds. The quantitative estimate of drug-likeness (QED) is 0.678. The molecule has 2 heterocycles. The van der Waals surface area contributed by atoms with Crippen LogP contribution in [0.1, 0.15) is 68.5 Å². The first-order chi connectivity index (χ1) is 13.4. The van der Waals surface area contributed by atoms with E-state index < -0.39 is 0 Å². The van der Waals surface area contributed by atoms with Crippen molar-refractivity contribution in [2.75, 3.05) is 5.32 Å². The number of carbonyl (C=O) groups excluding carboxylic acids is 2. The minimum absolute atomic E-state index is 0.0516. The van der Waals surface area contributed by atoms with Crippen molar-refractivity contribution in [3.8, 4) is 0 Å². The molecule has 8 nitrogen and oxygen atoms in total. The lowest BCUT2D eigenvalue weighted by Gasteiger charge is -2.14. The molecule has 28 heavy (non-hydrogen) atoms. The lowest BCUT2D eigenvalue weighted by molar-refractivity contribution is -0.122. The first-order valence-corrected chi connectivity index (χ1v) is 9.97. The third-order valence-corrected chi connectivity index (χ3v) is 5.77. The van der Waals surface area contributed by atoms with Crippen LogP contribution in [-0.4, -0.2) is 32.7 Å².